The van der Waals surface area contributed by atoms with Crippen molar-refractivity contribution in [2.24, 2.45) is 0 Å². The van der Waals surface area contributed by atoms with Crippen molar-refractivity contribution >= 4 is 52.2 Å². The summed E-state index contributed by atoms with van der Waals surface area (Å²) in [6.07, 6.45) is -7.55. The average molecular weight is 769 g/mol. The molecular weight excluding hydrogens is 739 g/mol. The molecule has 2 fully saturated rings. The van der Waals surface area contributed by atoms with Gasteiger partial charge >= 0.3 is 18.3 Å². The number of amides is 2. The minimum atomic E-state index is -5.05. The minimum absolute atomic E-state index is 0.0141. The van der Waals surface area contributed by atoms with E-state index >= 15 is 0 Å². The molecule has 18 heteroatoms. The summed E-state index contributed by atoms with van der Waals surface area (Å²) in [4.78, 5) is 44.3. The Morgan fingerprint density at radius 3 is 2.33 bits per heavy atom. The molecule has 276 valence electrons. The van der Waals surface area contributed by atoms with E-state index in [2.05, 4.69) is 15.2 Å². The van der Waals surface area contributed by atoms with Gasteiger partial charge < -0.3 is 19.9 Å². The lowest BCUT2D eigenvalue weighted by Gasteiger charge is -2.26. The van der Waals surface area contributed by atoms with E-state index in [1.165, 1.54) is 47.5 Å². The number of nitrogens with one attached hydrogen (secondary N) is 1. The summed E-state index contributed by atoms with van der Waals surface area (Å²) in [6.45, 7) is 3.09. The standard InChI is InChI=1S/C34H30F6N4O6S2/c35-33(36,37)24-15-22(16-25(18-24)34(38,39)40)21-1-2-27(50-12-9-43-7-10-49-11-8-43)23(14-21)17-28-30(46)44(32(51)52-28)6-4-29(45)42-19-20-3-5-41-26(13-20)31(47)48/h1-3,5,13-18H,4,6-12,19H2,(H,42,45)(H,47,48). The molecule has 0 aliphatic carbocycles. The molecule has 0 atom stereocenters. The molecule has 10 nitrogen and oxygen atoms in total. The third-order valence-corrected chi connectivity index (χ3v) is 9.33. The number of halogens is 6. The number of morpholine rings is 1. The van der Waals surface area contributed by atoms with Crippen LogP contribution in [0, 0.1) is 0 Å². The third-order valence-electron chi connectivity index (χ3n) is 7.96. The molecule has 0 saturated carbocycles. The van der Waals surface area contributed by atoms with Gasteiger partial charge in [0.25, 0.3) is 5.91 Å². The molecule has 3 aromatic rings. The fraction of sp³-hybridized carbons (Fsp3) is 0.324. The van der Waals surface area contributed by atoms with Crippen LogP contribution >= 0.6 is 24.0 Å². The Balaban J connectivity index is 1.36. The predicted molar refractivity (Wildman–Crippen MR) is 182 cm³/mol. The summed E-state index contributed by atoms with van der Waals surface area (Å²) in [6, 6.07) is 8.25. The maximum Gasteiger partial charge on any atom is 0.416 e. The Labute approximate surface area is 302 Å². The number of thioether (sulfide) groups is 1. The number of hydrogen-bond acceptors (Lipinski definition) is 9. The number of pyridine rings is 1. The van der Waals surface area contributed by atoms with E-state index in [4.69, 9.17) is 26.8 Å². The SMILES string of the molecule is O=C(CCN1C(=O)C(=Cc2cc(-c3cc(C(F)(F)F)cc(C(F)(F)F)c3)ccc2OCCN2CCOCC2)SC1=S)NCc1ccnc(C(=O)O)c1. The number of rotatable bonds is 12. The number of aromatic nitrogens is 1. The number of nitrogens with zero attached hydrogens (tertiary/aromatic N) is 3. The maximum absolute atomic E-state index is 13.6. The van der Waals surface area contributed by atoms with Crippen molar-refractivity contribution in [1.82, 2.24) is 20.1 Å². The van der Waals surface area contributed by atoms with Crippen LogP contribution in [0.2, 0.25) is 0 Å². The highest BCUT2D eigenvalue weighted by atomic mass is 32.2. The van der Waals surface area contributed by atoms with Crippen LogP contribution in [0.1, 0.15) is 39.2 Å². The fourth-order valence-corrected chi connectivity index (χ4v) is 6.54. The zero-order valence-corrected chi connectivity index (χ0v) is 28.7. The van der Waals surface area contributed by atoms with E-state index < -0.39 is 41.3 Å². The van der Waals surface area contributed by atoms with Crippen molar-refractivity contribution < 1.29 is 55.3 Å². The second-order valence-electron chi connectivity index (χ2n) is 11.6. The van der Waals surface area contributed by atoms with Gasteiger partial charge in [0.1, 0.15) is 22.4 Å². The average Bonchev–Trinajstić information content (AvgIpc) is 3.37. The third kappa shape index (κ3) is 10.1. The quantitative estimate of drug-likeness (QED) is 0.127. The Bertz CT molecular complexity index is 1850. The summed E-state index contributed by atoms with van der Waals surface area (Å²) < 4.78 is 93.3. The van der Waals surface area contributed by atoms with E-state index in [0.717, 1.165) is 11.8 Å². The number of aromatic carboxylic acids is 1. The van der Waals surface area contributed by atoms with Crippen LogP contribution in [0.3, 0.4) is 0 Å². The van der Waals surface area contributed by atoms with Crippen LogP contribution in [0.4, 0.5) is 26.3 Å². The van der Waals surface area contributed by atoms with E-state index in [1.54, 1.807) is 0 Å². The van der Waals surface area contributed by atoms with Gasteiger partial charge in [-0.15, -0.1) is 0 Å². The van der Waals surface area contributed by atoms with Crippen LogP contribution in [-0.2, 0) is 33.2 Å². The van der Waals surface area contributed by atoms with Crippen molar-refractivity contribution in [3.63, 3.8) is 0 Å². The molecule has 2 aliphatic rings. The summed E-state index contributed by atoms with van der Waals surface area (Å²) in [5.74, 6) is -2.01. The Morgan fingerprint density at radius 2 is 1.67 bits per heavy atom. The first kappa shape index (κ1) is 38.7. The van der Waals surface area contributed by atoms with Gasteiger partial charge in [-0.25, -0.2) is 9.78 Å². The van der Waals surface area contributed by atoms with Gasteiger partial charge in [0.05, 0.1) is 29.2 Å². The number of thiocarbonyl (C=S) groups is 1. The Kier molecular flexibility index (Phi) is 12.2. The first-order valence-electron chi connectivity index (χ1n) is 15.7. The highest BCUT2D eigenvalue weighted by Gasteiger charge is 2.37. The van der Waals surface area contributed by atoms with Gasteiger partial charge in [-0.3, -0.25) is 19.4 Å². The second-order valence-corrected chi connectivity index (χ2v) is 13.2. The number of carboxylic acids is 1. The lowest BCUT2D eigenvalue weighted by molar-refractivity contribution is -0.143. The van der Waals surface area contributed by atoms with Crippen LogP contribution in [0.25, 0.3) is 17.2 Å². The zero-order chi connectivity index (χ0) is 37.6. The molecule has 2 aromatic carbocycles. The van der Waals surface area contributed by atoms with Gasteiger partial charge in [0, 0.05) is 50.9 Å². The van der Waals surface area contributed by atoms with Crippen LogP contribution in [-0.4, -0.2) is 88.0 Å². The Morgan fingerprint density at radius 1 is 0.981 bits per heavy atom. The van der Waals surface area contributed by atoms with E-state index in [9.17, 15) is 40.7 Å². The summed E-state index contributed by atoms with van der Waals surface area (Å²) in [5.41, 5.74) is -2.75. The number of alkyl halides is 6. The number of benzene rings is 2. The van der Waals surface area contributed by atoms with Crippen molar-refractivity contribution in [1.29, 1.82) is 0 Å². The van der Waals surface area contributed by atoms with Crippen molar-refractivity contribution in [3.8, 4) is 16.9 Å². The zero-order valence-electron chi connectivity index (χ0n) is 27.1. The van der Waals surface area contributed by atoms with E-state index in [0.29, 0.717) is 50.5 Å². The normalized spacial score (nSPS) is 16.4. The molecule has 0 radical (unpaired) electrons. The molecule has 2 saturated heterocycles. The Hall–Kier alpha value is -4.52. The molecular formula is C34H30F6N4O6S2. The van der Waals surface area contributed by atoms with Crippen molar-refractivity contribution in [2.45, 2.75) is 25.3 Å². The molecule has 2 amide bonds. The molecule has 2 N–H and O–H groups in total. The molecule has 1 aromatic heterocycles. The molecule has 0 spiro atoms. The fourth-order valence-electron chi connectivity index (χ4n) is 5.24. The van der Waals surface area contributed by atoms with E-state index in [-0.39, 0.29) is 69.5 Å². The van der Waals surface area contributed by atoms with Crippen molar-refractivity contribution in [3.05, 3.63) is 87.6 Å². The van der Waals surface area contributed by atoms with Crippen LogP contribution in [0.5, 0.6) is 5.75 Å². The highest BCUT2D eigenvalue weighted by Crippen LogP contribution is 2.40. The number of carbonyl (C=O) groups excluding carboxylic acids is 2. The van der Waals surface area contributed by atoms with Crippen LogP contribution < -0.4 is 10.1 Å². The molecule has 5 rings (SSSR count). The van der Waals surface area contributed by atoms with Gasteiger partial charge in [-0.2, -0.15) is 26.3 Å². The number of ether oxygens (including phenoxy) is 2. The lowest BCUT2D eigenvalue weighted by atomic mass is 9.97. The van der Waals surface area contributed by atoms with Gasteiger partial charge in [-0.05, 0) is 65.2 Å². The predicted octanol–water partition coefficient (Wildman–Crippen LogP) is 6.10. The van der Waals surface area contributed by atoms with Crippen molar-refractivity contribution in [2.75, 3.05) is 46.0 Å². The van der Waals surface area contributed by atoms with Crippen LogP contribution in [0.15, 0.2) is 59.6 Å². The largest absolute Gasteiger partial charge is 0.492 e. The summed E-state index contributed by atoms with van der Waals surface area (Å²) >= 11 is 6.30. The van der Waals surface area contributed by atoms with E-state index in [1.807, 2.05) is 0 Å². The minimum Gasteiger partial charge on any atom is -0.492 e. The summed E-state index contributed by atoms with van der Waals surface area (Å²) in [7, 11) is 0. The molecule has 0 bridgehead atoms. The number of carboxylic acid groups (broad SMARTS) is 1. The molecule has 2 aliphatic heterocycles. The first-order valence-corrected chi connectivity index (χ1v) is 16.9. The smallest absolute Gasteiger partial charge is 0.416 e. The molecule has 52 heavy (non-hydrogen) atoms. The topological polar surface area (TPSA) is 121 Å². The monoisotopic (exact) mass is 768 g/mol. The van der Waals surface area contributed by atoms with Gasteiger partial charge in [0.2, 0.25) is 5.91 Å². The molecule has 0 unspecified atom stereocenters. The number of carbonyl (C=O) groups is 3. The second kappa shape index (κ2) is 16.4. The lowest BCUT2D eigenvalue weighted by Crippen LogP contribution is -2.38. The maximum atomic E-state index is 13.6. The number of hydrogen-bond donors (Lipinski definition) is 2. The molecule has 3 heterocycles. The van der Waals surface area contributed by atoms with Gasteiger partial charge in [0.15, 0.2) is 0 Å². The summed E-state index contributed by atoms with van der Waals surface area (Å²) in [5, 5.41) is 11.7. The first-order chi connectivity index (χ1) is 24.6. The highest BCUT2D eigenvalue weighted by molar-refractivity contribution is 8.26. The van der Waals surface area contributed by atoms with Gasteiger partial charge in [-0.1, -0.05) is 30.0 Å².